The van der Waals surface area contributed by atoms with Gasteiger partial charge in [-0.05, 0) is 12.8 Å². The molecule has 0 saturated carbocycles. The van der Waals surface area contributed by atoms with Crippen LogP contribution in [0.5, 0.6) is 0 Å². The second kappa shape index (κ2) is 2.86. The van der Waals surface area contributed by atoms with Crippen LogP contribution in [0.1, 0.15) is 12.8 Å². The second-order valence-corrected chi connectivity index (χ2v) is 3.98. The highest BCUT2D eigenvalue weighted by atomic mass is 32.2. The van der Waals surface area contributed by atoms with Gasteiger partial charge in [-0.15, -0.1) is 0 Å². The number of nitrogens with one attached hydrogen (secondary N) is 1. The number of amides is 1. The first-order chi connectivity index (χ1) is 5.77. The molecule has 1 atom stereocenters. The van der Waals surface area contributed by atoms with Crippen LogP contribution in [0, 0.1) is 0 Å². The van der Waals surface area contributed by atoms with Crippen molar-refractivity contribution < 1.29 is 4.79 Å². The number of carbonyl (C=O) groups is 1. The maximum Gasteiger partial charge on any atom is 0.250 e. The molecular weight excluding hydrogens is 172 g/mol. The van der Waals surface area contributed by atoms with Crippen LogP contribution >= 0.6 is 11.8 Å². The van der Waals surface area contributed by atoms with E-state index in [2.05, 4.69) is 17.5 Å². The van der Waals surface area contributed by atoms with Crippen molar-refractivity contribution in [3.63, 3.8) is 0 Å². The summed E-state index contributed by atoms with van der Waals surface area (Å²) in [7, 11) is 0. The molecule has 1 amide bonds. The zero-order valence-corrected chi connectivity index (χ0v) is 7.36. The van der Waals surface area contributed by atoms with E-state index in [1.54, 1.807) is 0 Å². The van der Waals surface area contributed by atoms with Gasteiger partial charge in [-0.25, -0.2) is 0 Å². The minimum atomic E-state index is -0.289. The van der Waals surface area contributed by atoms with Crippen molar-refractivity contribution in [2.24, 2.45) is 5.73 Å². The third-order valence-corrected chi connectivity index (χ3v) is 3.16. The van der Waals surface area contributed by atoms with Gasteiger partial charge in [0.2, 0.25) is 0 Å². The monoisotopic (exact) mass is 182 g/mol. The Balaban J connectivity index is 2.12. The molecule has 1 heterocycles. The Bertz CT molecular complexity index is 283. The van der Waals surface area contributed by atoms with Gasteiger partial charge in [0.15, 0.2) is 5.37 Å². The highest BCUT2D eigenvalue weighted by Crippen LogP contribution is 2.35. The maximum absolute atomic E-state index is 10.8. The molecule has 12 heavy (non-hydrogen) atoms. The van der Waals surface area contributed by atoms with E-state index >= 15 is 0 Å². The number of hydrogen-bond donors (Lipinski definition) is 2. The smallest absolute Gasteiger partial charge is 0.250 e. The fourth-order valence-electron chi connectivity index (χ4n) is 1.34. The van der Waals surface area contributed by atoms with Crippen molar-refractivity contribution in [1.82, 2.24) is 5.32 Å². The molecular formula is C8H10N2OS. The zero-order valence-electron chi connectivity index (χ0n) is 6.54. The standard InChI is InChI=1S/C8H10N2OS/c9-7(11)8-10-5-3-1-2-4-6(5)12-8/h2,4,8,10H,1,3H2,(H2,9,11). The van der Waals surface area contributed by atoms with Gasteiger partial charge in [0, 0.05) is 10.6 Å². The summed E-state index contributed by atoms with van der Waals surface area (Å²) >= 11 is 1.51. The molecule has 1 unspecified atom stereocenters. The molecule has 3 N–H and O–H groups in total. The van der Waals surface area contributed by atoms with Crippen LogP contribution in [0.3, 0.4) is 0 Å². The zero-order chi connectivity index (χ0) is 8.55. The molecule has 1 aliphatic carbocycles. The fourth-order valence-corrected chi connectivity index (χ4v) is 2.39. The second-order valence-electron chi connectivity index (χ2n) is 2.83. The molecule has 0 aromatic carbocycles. The number of primary amides is 1. The van der Waals surface area contributed by atoms with Crippen LogP contribution in [0.4, 0.5) is 0 Å². The lowest BCUT2D eigenvalue weighted by atomic mass is 10.1. The van der Waals surface area contributed by atoms with Gasteiger partial charge in [-0.1, -0.05) is 23.9 Å². The minimum absolute atomic E-state index is 0.252. The summed E-state index contributed by atoms with van der Waals surface area (Å²) < 4.78 is 0. The Morgan fingerprint density at radius 2 is 2.58 bits per heavy atom. The minimum Gasteiger partial charge on any atom is -0.368 e. The maximum atomic E-state index is 10.8. The average molecular weight is 182 g/mol. The van der Waals surface area contributed by atoms with Gasteiger partial charge < -0.3 is 11.1 Å². The highest BCUT2D eigenvalue weighted by molar-refractivity contribution is 8.04. The third kappa shape index (κ3) is 1.22. The first kappa shape index (κ1) is 7.73. The van der Waals surface area contributed by atoms with Crippen molar-refractivity contribution in [3.05, 3.63) is 22.8 Å². The van der Waals surface area contributed by atoms with Crippen LogP contribution in [0.15, 0.2) is 22.8 Å². The van der Waals surface area contributed by atoms with E-state index in [1.807, 2.05) is 0 Å². The summed E-state index contributed by atoms with van der Waals surface area (Å²) in [6, 6.07) is 0. The Morgan fingerprint density at radius 3 is 3.25 bits per heavy atom. The molecule has 3 nitrogen and oxygen atoms in total. The molecule has 2 aliphatic rings. The van der Waals surface area contributed by atoms with E-state index in [0.29, 0.717) is 0 Å². The number of carbonyl (C=O) groups excluding carboxylic acids is 1. The normalized spacial score (nSPS) is 26.8. The first-order valence-corrected chi connectivity index (χ1v) is 4.77. The quantitative estimate of drug-likeness (QED) is 0.627. The molecule has 0 radical (unpaired) electrons. The van der Waals surface area contributed by atoms with Crippen LogP contribution in [0.2, 0.25) is 0 Å². The third-order valence-electron chi connectivity index (χ3n) is 1.94. The molecule has 0 spiro atoms. The Morgan fingerprint density at radius 1 is 1.75 bits per heavy atom. The van der Waals surface area contributed by atoms with Crippen LogP contribution in [0.25, 0.3) is 0 Å². The molecule has 1 aliphatic heterocycles. The van der Waals surface area contributed by atoms with E-state index in [9.17, 15) is 4.79 Å². The van der Waals surface area contributed by atoms with Gasteiger partial charge in [-0.3, -0.25) is 4.79 Å². The summed E-state index contributed by atoms with van der Waals surface area (Å²) in [6.45, 7) is 0. The lowest BCUT2D eigenvalue weighted by Crippen LogP contribution is -2.34. The van der Waals surface area contributed by atoms with Gasteiger partial charge in [0.05, 0.1) is 0 Å². The van der Waals surface area contributed by atoms with E-state index < -0.39 is 0 Å². The van der Waals surface area contributed by atoms with E-state index in [1.165, 1.54) is 22.4 Å². The Hall–Kier alpha value is -0.900. The number of rotatable bonds is 1. The van der Waals surface area contributed by atoms with Crippen molar-refractivity contribution in [2.45, 2.75) is 18.2 Å². The van der Waals surface area contributed by atoms with Crippen molar-refractivity contribution >= 4 is 17.7 Å². The number of thioether (sulfide) groups is 1. The Kier molecular flexibility index (Phi) is 1.84. The number of allylic oxidation sites excluding steroid dienone is 3. The molecule has 0 bridgehead atoms. The molecule has 0 saturated heterocycles. The van der Waals surface area contributed by atoms with Gasteiger partial charge in [0.1, 0.15) is 0 Å². The lowest BCUT2D eigenvalue weighted by Gasteiger charge is -2.08. The number of hydrogen-bond acceptors (Lipinski definition) is 3. The van der Waals surface area contributed by atoms with E-state index in [-0.39, 0.29) is 11.3 Å². The largest absolute Gasteiger partial charge is 0.368 e. The first-order valence-electron chi connectivity index (χ1n) is 3.89. The van der Waals surface area contributed by atoms with Gasteiger partial charge >= 0.3 is 0 Å². The summed E-state index contributed by atoms with van der Waals surface area (Å²) in [5, 5.41) is 2.86. The molecule has 0 aromatic rings. The van der Waals surface area contributed by atoms with E-state index in [0.717, 1.165) is 12.8 Å². The predicted octanol–water partition coefficient (Wildman–Crippen LogP) is 0.696. The summed E-state index contributed by atoms with van der Waals surface area (Å²) in [6.07, 6.45) is 6.23. The summed E-state index contributed by atoms with van der Waals surface area (Å²) in [5.41, 5.74) is 6.35. The van der Waals surface area contributed by atoms with E-state index in [4.69, 9.17) is 5.73 Å². The van der Waals surface area contributed by atoms with Crippen molar-refractivity contribution in [3.8, 4) is 0 Å². The Labute approximate surface area is 75.1 Å². The van der Waals surface area contributed by atoms with Crippen molar-refractivity contribution in [1.29, 1.82) is 0 Å². The van der Waals surface area contributed by atoms with Crippen LogP contribution in [-0.2, 0) is 4.79 Å². The van der Waals surface area contributed by atoms with Crippen molar-refractivity contribution in [2.75, 3.05) is 0 Å². The highest BCUT2D eigenvalue weighted by Gasteiger charge is 2.27. The number of nitrogens with two attached hydrogens (primary N) is 1. The van der Waals surface area contributed by atoms with Gasteiger partial charge in [-0.2, -0.15) is 0 Å². The summed E-state index contributed by atoms with van der Waals surface area (Å²) in [5.74, 6) is -0.289. The molecule has 0 fully saturated rings. The lowest BCUT2D eigenvalue weighted by molar-refractivity contribution is -0.117. The average Bonchev–Trinajstić information content (AvgIpc) is 2.46. The molecule has 4 heteroatoms. The molecule has 64 valence electrons. The molecule has 2 rings (SSSR count). The summed E-state index contributed by atoms with van der Waals surface area (Å²) in [4.78, 5) is 12.0. The predicted molar refractivity (Wildman–Crippen MR) is 49.1 cm³/mol. The SMILES string of the molecule is NC(=O)C1NC2=C(C=CCC2)S1. The van der Waals surface area contributed by atoms with Crippen LogP contribution in [-0.4, -0.2) is 11.3 Å². The van der Waals surface area contributed by atoms with Gasteiger partial charge in [0.25, 0.3) is 5.91 Å². The fraction of sp³-hybridized carbons (Fsp3) is 0.375. The topological polar surface area (TPSA) is 55.1 Å². The molecule has 0 aromatic heterocycles. The van der Waals surface area contributed by atoms with Crippen LogP contribution < -0.4 is 11.1 Å².